The van der Waals surface area contributed by atoms with Gasteiger partial charge in [0, 0.05) is 0 Å². The molecule has 0 aromatic rings. The van der Waals surface area contributed by atoms with Gasteiger partial charge in [-0.05, 0) is 20.8 Å². The van der Waals surface area contributed by atoms with Crippen LogP contribution in [0.4, 0.5) is 0 Å². The van der Waals surface area contributed by atoms with E-state index in [9.17, 15) is 20.4 Å². The number of rotatable bonds is 2. The predicted molar refractivity (Wildman–Crippen MR) is 54.6 cm³/mol. The van der Waals surface area contributed by atoms with Crippen LogP contribution in [0.5, 0.6) is 0 Å². The Bertz CT molecular complexity index is 226. The van der Waals surface area contributed by atoms with Crippen LogP contribution in [0.1, 0.15) is 20.8 Å². The van der Waals surface area contributed by atoms with Crippen LogP contribution in [-0.2, 0) is 9.47 Å². The van der Waals surface area contributed by atoms with Crippen LogP contribution in [-0.4, -0.2) is 63.3 Å². The van der Waals surface area contributed by atoms with Crippen molar-refractivity contribution in [1.82, 2.24) is 0 Å². The van der Waals surface area contributed by atoms with Crippen molar-refractivity contribution >= 4 is 0 Å². The largest absolute Gasteiger partial charge is 0.387 e. The van der Waals surface area contributed by atoms with E-state index in [0.29, 0.717) is 0 Å². The molecule has 1 fully saturated rings. The molecular weight excluding hydrogens is 216 g/mol. The first-order chi connectivity index (χ1) is 7.22. The second kappa shape index (κ2) is 4.95. The topological polar surface area (TPSA) is 99.4 Å². The Labute approximate surface area is 94.4 Å². The normalized spacial score (nSPS) is 41.1. The van der Waals surface area contributed by atoms with E-state index in [-0.39, 0.29) is 6.61 Å². The standard InChI is InChI=1S/C10H20O6/c1-10(2,3)15-4-5-6(11)7(12)8(13)9(14)16-5/h5-9,11-14H,4H2,1-3H3. The molecule has 1 heterocycles. The molecule has 0 amide bonds. The fourth-order valence-corrected chi connectivity index (χ4v) is 1.40. The number of ether oxygens (including phenoxy) is 2. The van der Waals surface area contributed by atoms with Gasteiger partial charge in [0.05, 0.1) is 12.2 Å². The second-order valence-corrected chi connectivity index (χ2v) is 4.96. The van der Waals surface area contributed by atoms with Crippen molar-refractivity contribution in [3.8, 4) is 0 Å². The lowest BCUT2D eigenvalue weighted by molar-refractivity contribution is -0.292. The van der Waals surface area contributed by atoms with Gasteiger partial charge in [0.2, 0.25) is 0 Å². The van der Waals surface area contributed by atoms with Crippen molar-refractivity contribution in [2.45, 2.75) is 57.1 Å². The summed E-state index contributed by atoms with van der Waals surface area (Å²) in [6, 6.07) is 0. The molecule has 0 bridgehead atoms. The fourth-order valence-electron chi connectivity index (χ4n) is 1.40. The van der Waals surface area contributed by atoms with E-state index in [1.54, 1.807) is 0 Å². The van der Waals surface area contributed by atoms with Gasteiger partial charge < -0.3 is 29.9 Å². The number of aliphatic hydroxyl groups excluding tert-OH is 4. The Morgan fingerprint density at radius 1 is 1.00 bits per heavy atom. The zero-order valence-corrected chi connectivity index (χ0v) is 9.70. The first-order valence-corrected chi connectivity index (χ1v) is 5.24. The Hall–Kier alpha value is -0.240. The van der Waals surface area contributed by atoms with Crippen molar-refractivity contribution in [1.29, 1.82) is 0 Å². The maximum atomic E-state index is 9.60. The first-order valence-electron chi connectivity index (χ1n) is 5.24. The summed E-state index contributed by atoms with van der Waals surface area (Å²) in [7, 11) is 0. The molecule has 1 aliphatic heterocycles. The van der Waals surface area contributed by atoms with Crippen LogP contribution in [0.3, 0.4) is 0 Å². The van der Waals surface area contributed by atoms with Gasteiger partial charge in [-0.3, -0.25) is 0 Å². The summed E-state index contributed by atoms with van der Waals surface area (Å²) in [5, 5.41) is 37.5. The maximum absolute atomic E-state index is 9.60. The van der Waals surface area contributed by atoms with Gasteiger partial charge in [0.15, 0.2) is 6.29 Å². The first kappa shape index (κ1) is 13.8. The Morgan fingerprint density at radius 2 is 1.56 bits per heavy atom. The minimum absolute atomic E-state index is 0.0332. The average molecular weight is 236 g/mol. The molecule has 5 unspecified atom stereocenters. The molecule has 0 aromatic heterocycles. The highest BCUT2D eigenvalue weighted by Gasteiger charge is 2.43. The summed E-state index contributed by atoms with van der Waals surface area (Å²) >= 11 is 0. The number of hydrogen-bond donors (Lipinski definition) is 4. The van der Waals surface area contributed by atoms with Gasteiger partial charge in [0.1, 0.15) is 24.4 Å². The van der Waals surface area contributed by atoms with E-state index in [2.05, 4.69) is 0 Å². The van der Waals surface area contributed by atoms with Crippen LogP contribution < -0.4 is 0 Å². The summed E-state index contributed by atoms with van der Waals surface area (Å²) in [6.45, 7) is 5.54. The highest BCUT2D eigenvalue weighted by Crippen LogP contribution is 2.21. The molecular formula is C10H20O6. The highest BCUT2D eigenvalue weighted by molar-refractivity contribution is 4.88. The molecule has 5 atom stereocenters. The van der Waals surface area contributed by atoms with Crippen molar-refractivity contribution in [3.63, 3.8) is 0 Å². The van der Waals surface area contributed by atoms with Crippen LogP contribution in [0, 0.1) is 0 Å². The zero-order chi connectivity index (χ0) is 12.5. The third-order valence-corrected chi connectivity index (χ3v) is 2.37. The lowest BCUT2D eigenvalue weighted by Gasteiger charge is -2.39. The molecule has 96 valence electrons. The predicted octanol–water partition coefficient (Wildman–Crippen LogP) is -1.40. The molecule has 16 heavy (non-hydrogen) atoms. The SMILES string of the molecule is CC(C)(C)OCC1OC(O)C(O)C(O)C1O. The summed E-state index contributed by atoms with van der Waals surface area (Å²) in [5.41, 5.74) is -0.408. The summed E-state index contributed by atoms with van der Waals surface area (Å²) in [5.74, 6) is 0. The van der Waals surface area contributed by atoms with Gasteiger partial charge in [-0.1, -0.05) is 0 Å². The molecule has 0 saturated carbocycles. The zero-order valence-electron chi connectivity index (χ0n) is 9.70. The molecule has 6 nitrogen and oxygen atoms in total. The lowest BCUT2D eigenvalue weighted by Crippen LogP contribution is -2.58. The van der Waals surface area contributed by atoms with E-state index in [4.69, 9.17) is 9.47 Å². The van der Waals surface area contributed by atoms with Gasteiger partial charge >= 0.3 is 0 Å². The van der Waals surface area contributed by atoms with Gasteiger partial charge in [-0.15, -0.1) is 0 Å². The lowest BCUT2D eigenvalue weighted by atomic mass is 9.99. The minimum Gasteiger partial charge on any atom is -0.387 e. The Morgan fingerprint density at radius 3 is 2.06 bits per heavy atom. The van der Waals surface area contributed by atoms with Crippen molar-refractivity contribution in [3.05, 3.63) is 0 Å². The molecule has 0 aliphatic carbocycles. The summed E-state index contributed by atoms with van der Waals surface area (Å²) in [4.78, 5) is 0. The molecule has 1 aliphatic rings. The van der Waals surface area contributed by atoms with E-state index in [0.717, 1.165) is 0 Å². The van der Waals surface area contributed by atoms with E-state index < -0.39 is 36.3 Å². The van der Waals surface area contributed by atoms with Crippen molar-refractivity contribution in [2.75, 3.05) is 6.61 Å². The van der Waals surface area contributed by atoms with Crippen LogP contribution in [0.25, 0.3) is 0 Å². The Kier molecular flexibility index (Phi) is 4.28. The van der Waals surface area contributed by atoms with E-state index in [1.165, 1.54) is 0 Å². The summed E-state index contributed by atoms with van der Waals surface area (Å²) in [6.07, 6.45) is -6.57. The van der Waals surface area contributed by atoms with Crippen LogP contribution in [0.15, 0.2) is 0 Å². The smallest absolute Gasteiger partial charge is 0.184 e. The number of aliphatic hydroxyl groups is 4. The molecule has 1 saturated heterocycles. The van der Waals surface area contributed by atoms with Crippen LogP contribution >= 0.6 is 0 Å². The summed E-state index contributed by atoms with van der Waals surface area (Å²) < 4.78 is 10.3. The van der Waals surface area contributed by atoms with Gasteiger partial charge in [-0.25, -0.2) is 0 Å². The highest BCUT2D eigenvalue weighted by atomic mass is 16.6. The molecule has 0 spiro atoms. The quantitative estimate of drug-likeness (QED) is 0.471. The van der Waals surface area contributed by atoms with Gasteiger partial charge in [-0.2, -0.15) is 0 Å². The monoisotopic (exact) mass is 236 g/mol. The van der Waals surface area contributed by atoms with Gasteiger partial charge in [0.25, 0.3) is 0 Å². The van der Waals surface area contributed by atoms with Crippen molar-refractivity contribution < 1.29 is 29.9 Å². The fraction of sp³-hybridized carbons (Fsp3) is 1.00. The van der Waals surface area contributed by atoms with E-state index >= 15 is 0 Å². The van der Waals surface area contributed by atoms with Crippen molar-refractivity contribution in [2.24, 2.45) is 0 Å². The van der Waals surface area contributed by atoms with Crippen LogP contribution in [0.2, 0.25) is 0 Å². The third-order valence-electron chi connectivity index (χ3n) is 2.37. The molecule has 6 heteroatoms. The average Bonchev–Trinajstić information content (AvgIpc) is 2.17. The third kappa shape index (κ3) is 3.38. The Balaban J connectivity index is 2.54. The molecule has 4 N–H and O–H groups in total. The molecule has 0 radical (unpaired) electrons. The van der Waals surface area contributed by atoms with E-state index in [1.807, 2.05) is 20.8 Å². The minimum atomic E-state index is -1.51. The number of hydrogen-bond acceptors (Lipinski definition) is 6. The maximum Gasteiger partial charge on any atom is 0.184 e. The molecule has 1 rings (SSSR count). The second-order valence-electron chi connectivity index (χ2n) is 4.96. The molecule has 0 aromatic carbocycles.